The molecule has 0 radical (unpaired) electrons. The van der Waals surface area contributed by atoms with E-state index < -0.39 is 0 Å². The van der Waals surface area contributed by atoms with E-state index in [0.29, 0.717) is 17.6 Å². The quantitative estimate of drug-likeness (QED) is 0.903. The molecule has 5 nitrogen and oxygen atoms in total. The van der Waals surface area contributed by atoms with Crippen molar-refractivity contribution in [1.29, 1.82) is 0 Å². The summed E-state index contributed by atoms with van der Waals surface area (Å²) in [6, 6.07) is 4.41. The minimum atomic E-state index is 0.0770. The van der Waals surface area contributed by atoms with Gasteiger partial charge in [-0.25, -0.2) is 0 Å². The molecule has 0 atom stereocenters. The third-order valence-electron chi connectivity index (χ3n) is 4.14. The predicted octanol–water partition coefficient (Wildman–Crippen LogP) is 2.37. The highest BCUT2D eigenvalue weighted by Gasteiger charge is 2.23. The zero-order chi connectivity index (χ0) is 15.4. The lowest BCUT2D eigenvalue weighted by Crippen LogP contribution is -2.43. The monoisotopic (exact) mass is 292 g/mol. The number of rotatable bonds is 5. The molecule has 1 fully saturated rings. The average Bonchev–Trinajstić information content (AvgIpc) is 2.48. The lowest BCUT2D eigenvalue weighted by atomic mass is 10.0. The SMILES string of the molecule is CCN1CCC(N(C)c2ccc(N)c(OC(C)C)n2)CC1. The van der Waals surface area contributed by atoms with Crippen molar-refractivity contribution in [3.63, 3.8) is 0 Å². The van der Waals surface area contributed by atoms with Crippen LogP contribution >= 0.6 is 0 Å². The van der Waals surface area contributed by atoms with Crippen LogP contribution in [0.3, 0.4) is 0 Å². The molecule has 1 aliphatic heterocycles. The third-order valence-corrected chi connectivity index (χ3v) is 4.14. The maximum atomic E-state index is 5.94. The van der Waals surface area contributed by atoms with Crippen molar-refractivity contribution < 1.29 is 4.74 Å². The number of nitrogens with zero attached hydrogens (tertiary/aromatic N) is 3. The molecule has 2 N–H and O–H groups in total. The van der Waals surface area contributed by atoms with Gasteiger partial charge >= 0.3 is 0 Å². The van der Waals surface area contributed by atoms with Crippen molar-refractivity contribution in [2.24, 2.45) is 0 Å². The van der Waals surface area contributed by atoms with Crippen LogP contribution in [0.2, 0.25) is 0 Å². The van der Waals surface area contributed by atoms with Crippen LogP contribution < -0.4 is 15.4 Å². The van der Waals surface area contributed by atoms with E-state index in [1.807, 2.05) is 26.0 Å². The van der Waals surface area contributed by atoms with E-state index in [4.69, 9.17) is 10.5 Å². The second-order valence-electron chi connectivity index (χ2n) is 6.01. The first-order chi connectivity index (χ1) is 10.0. The van der Waals surface area contributed by atoms with Gasteiger partial charge in [0.2, 0.25) is 5.88 Å². The fourth-order valence-corrected chi connectivity index (χ4v) is 2.77. The molecule has 2 heterocycles. The van der Waals surface area contributed by atoms with E-state index in [9.17, 15) is 0 Å². The van der Waals surface area contributed by atoms with Gasteiger partial charge in [0, 0.05) is 26.2 Å². The lowest BCUT2D eigenvalue weighted by Gasteiger charge is -2.37. The first-order valence-electron chi connectivity index (χ1n) is 7.89. The van der Waals surface area contributed by atoms with Crippen LogP contribution in [0.25, 0.3) is 0 Å². The molecule has 0 bridgehead atoms. The molecule has 1 aliphatic rings. The summed E-state index contributed by atoms with van der Waals surface area (Å²) in [4.78, 5) is 9.35. The molecule has 0 amide bonds. The molecule has 0 spiro atoms. The molecule has 1 aromatic rings. The zero-order valence-electron chi connectivity index (χ0n) is 13.7. The fourth-order valence-electron chi connectivity index (χ4n) is 2.77. The van der Waals surface area contributed by atoms with Crippen LogP contribution in [0.1, 0.15) is 33.6 Å². The maximum absolute atomic E-state index is 5.94. The molecule has 21 heavy (non-hydrogen) atoms. The van der Waals surface area contributed by atoms with Gasteiger partial charge < -0.3 is 20.3 Å². The number of nitrogens with two attached hydrogens (primary N) is 1. The van der Waals surface area contributed by atoms with Gasteiger partial charge in [-0.05, 0) is 45.4 Å². The zero-order valence-corrected chi connectivity index (χ0v) is 13.7. The standard InChI is InChI=1S/C16H28N4O/c1-5-20-10-8-13(9-11-20)19(4)15-7-6-14(17)16(18-15)21-12(2)3/h6-7,12-13H,5,8-11,17H2,1-4H3. The Morgan fingerprint density at radius 2 is 2.05 bits per heavy atom. The summed E-state index contributed by atoms with van der Waals surface area (Å²) < 4.78 is 5.69. The summed E-state index contributed by atoms with van der Waals surface area (Å²) in [6.45, 7) is 9.66. The molecular formula is C16H28N4O. The van der Waals surface area contributed by atoms with Gasteiger partial charge in [0.15, 0.2) is 0 Å². The van der Waals surface area contributed by atoms with Crippen molar-refractivity contribution in [2.75, 3.05) is 37.3 Å². The van der Waals surface area contributed by atoms with Crippen molar-refractivity contribution in [3.8, 4) is 5.88 Å². The van der Waals surface area contributed by atoms with Gasteiger partial charge in [0.1, 0.15) is 5.82 Å². The molecule has 118 valence electrons. The van der Waals surface area contributed by atoms with Gasteiger partial charge in [-0.3, -0.25) is 0 Å². The Labute approximate surface area is 128 Å². The Hall–Kier alpha value is -1.49. The van der Waals surface area contributed by atoms with Crippen LogP contribution in [-0.2, 0) is 0 Å². The number of piperidine rings is 1. The summed E-state index contributed by atoms with van der Waals surface area (Å²) in [6.07, 6.45) is 2.43. The normalized spacial score (nSPS) is 17.2. The van der Waals surface area contributed by atoms with Crippen molar-refractivity contribution in [1.82, 2.24) is 9.88 Å². The Morgan fingerprint density at radius 3 is 2.62 bits per heavy atom. The summed E-state index contributed by atoms with van der Waals surface area (Å²) in [7, 11) is 2.12. The van der Waals surface area contributed by atoms with Gasteiger partial charge in [-0.15, -0.1) is 0 Å². The van der Waals surface area contributed by atoms with Crippen LogP contribution in [0, 0.1) is 0 Å². The molecule has 1 saturated heterocycles. The minimum absolute atomic E-state index is 0.0770. The maximum Gasteiger partial charge on any atom is 0.239 e. The van der Waals surface area contributed by atoms with Crippen molar-refractivity contribution >= 4 is 11.5 Å². The van der Waals surface area contributed by atoms with Crippen LogP contribution in [-0.4, -0.2) is 48.7 Å². The number of hydrogen-bond donors (Lipinski definition) is 1. The number of pyridine rings is 1. The van der Waals surface area contributed by atoms with Crippen LogP contribution in [0.15, 0.2) is 12.1 Å². The Morgan fingerprint density at radius 1 is 1.38 bits per heavy atom. The lowest BCUT2D eigenvalue weighted by molar-refractivity contribution is 0.219. The molecular weight excluding hydrogens is 264 g/mol. The highest BCUT2D eigenvalue weighted by molar-refractivity contribution is 5.54. The molecule has 1 aromatic heterocycles. The first kappa shape index (κ1) is 15.9. The fraction of sp³-hybridized carbons (Fsp3) is 0.688. The Bertz CT molecular complexity index is 456. The van der Waals surface area contributed by atoms with Gasteiger partial charge in [0.25, 0.3) is 0 Å². The van der Waals surface area contributed by atoms with E-state index in [1.165, 1.54) is 12.8 Å². The number of aromatic nitrogens is 1. The number of anilines is 2. The topological polar surface area (TPSA) is 54.6 Å². The molecule has 5 heteroatoms. The van der Waals surface area contributed by atoms with E-state index >= 15 is 0 Å². The molecule has 0 saturated carbocycles. The van der Waals surface area contributed by atoms with E-state index in [0.717, 1.165) is 25.5 Å². The number of ether oxygens (including phenoxy) is 1. The average molecular weight is 292 g/mol. The van der Waals surface area contributed by atoms with Gasteiger partial charge in [-0.2, -0.15) is 4.98 Å². The highest BCUT2D eigenvalue weighted by atomic mass is 16.5. The summed E-state index contributed by atoms with van der Waals surface area (Å²) >= 11 is 0. The molecule has 0 aliphatic carbocycles. The third kappa shape index (κ3) is 4.00. The van der Waals surface area contributed by atoms with E-state index in [-0.39, 0.29) is 6.10 Å². The highest BCUT2D eigenvalue weighted by Crippen LogP contribution is 2.26. The first-order valence-corrected chi connectivity index (χ1v) is 7.89. The van der Waals surface area contributed by atoms with Gasteiger partial charge in [-0.1, -0.05) is 6.92 Å². The van der Waals surface area contributed by atoms with Crippen molar-refractivity contribution in [3.05, 3.63) is 12.1 Å². The van der Waals surface area contributed by atoms with Crippen LogP contribution in [0.4, 0.5) is 11.5 Å². The molecule has 0 unspecified atom stereocenters. The van der Waals surface area contributed by atoms with Crippen molar-refractivity contribution in [2.45, 2.75) is 45.8 Å². The second-order valence-corrected chi connectivity index (χ2v) is 6.01. The van der Waals surface area contributed by atoms with Crippen LogP contribution in [0.5, 0.6) is 5.88 Å². The second kappa shape index (κ2) is 6.98. The smallest absolute Gasteiger partial charge is 0.239 e. The Kier molecular flexibility index (Phi) is 5.28. The summed E-state index contributed by atoms with van der Waals surface area (Å²) in [5, 5.41) is 0. The number of nitrogen functional groups attached to an aromatic ring is 1. The van der Waals surface area contributed by atoms with E-state index in [1.54, 1.807) is 0 Å². The molecule has 2 rings (SSSR count). The molecule has 0 aromatic carbocycles. The number of hydrogen-bond acceptors (Lipinski definition) is 5. The van der Waals surface area contributed by atoms with E-state index in [2.05, 4.69) is 28.8 Å². The largest absolute Gasteiger partial charge is 0.473 e. The number of likely N-dealkylation sites (tertiary alicyclic amines) is 1. The predicted molar refractivity (Wildman–Crippen MR) is 88.0 cm³/mol. The minimum Gasteiger partial charge on any atom is -0.473 e. The Balaban J connectivity index is 2.07. The summed E-state index contributed by atoms with van der Waals surface area (Å²) in [5.41, 5.74) is 6.54. The summed E-state index contributed by atoms with van der Waals surface area (Å²) in [5.74, 6) is 1.48. The van der Waals surface area contributed by atoms with Gasteiger partial charge in [0.05, 0.1) is 11.8 Å².